The summed E-state index contributed by atoms with van der Waals surface area (Å²) in [6.45, 7) is 7.50. The van der Waals surface area contributed by atoms with E-state index in [1.54, 1.807) is 0 Å². The lowest BCUT2D eigenvalue weighted by molar-refractivity contribution is 0.456. The molecule has 1 unspecified atom stereocenters. The van der Waals surface area contributed by atoms with Crippen LogP contribution < -0.4 is 5.73 Å². The Morgan fingerprint density at radius 3 is 2.70 bits per heavy atom. The van der Waals surface area contributed by atoms with Gasteiger partial charge in [0.05, 0.1) is 0 Å². The summed E-state index contributed by atoms with van der Waals surface area (Å²) >= 11 is 0. The van der Waals surface area contributed by atoms with Crippen molar-refractivity contribution in [2.75, 3.05) is 0 Å². The van der Waals surface area contributed by atoms with E-state index in [0.29, 0.717) is 0 Å². The molecule has 1 aromatic heterocycles. The van der Waals surface area contributed by atoms with Gasteiger partial charge in [0.2, 0.25) is 0 Å². The van der Waals surface area contributed by atoms with Gasteiger partial charge >= 0.3 is 0 Å². The first-order valence-corrected chi connectivity index (χ1v) is 7.24. The summed E-state index contributed by atoms with van der Waals surface area (Å²) in [4.78, 5) is 0. The molecular weight excluding hydrogens is 248 g/mol. The number of benzene rings is 1. The van der Waals surface area contributed by atoms with Crippen molar-refractivity contribution in [1.82, 2.24) is 14.8 Å². The lowest BCUT2D eigenvalue weighted by Crippen LogP contribution is -2.32. The fourth-order valence-electron chi connectivity index (χ4n) is 2.88. The van der Waals surface area contributed by atoms with Gasteiger partial charge in [-0.2, -0.15) is 0 Å². The molecule has 4 nitrogen and oxygen atoms in total. The second-order valence-corrected chi connectivity index (χ2v) is 6.64. The first-order chi connectivity index (χ1) is 9.47. The molecule has 2 N–H and O–H groups in total. The molecule has 1 aliphatic rings. The van der Waals surface area contributed by atoms with E-state index in [4.69, 9.17) is 5.73 Å². The summed E-state index contributed by atoms with van der Waals surface area (Å²) in [7, 11) is 0. The molecule has 1 aromatic carbocycles. The van der Waals surface area contributed by atoms with Gasteiger partial charge in [0.1, 0.15) is 5.82 Å². The van der Waals surface area contributed by atoms with Gasteiger partial charge in [0, 0.05) is 24.6 Å². The largest absolute Gasteiger partial charge is 0.326 e. The molecule has 3 rings (SSSR count). The van der Waals surface area contributed by atoms with E-state index < -0.39 is 0 Å². The van der Waals surface area contributed by atoms with Gasteiger partial charge in [-0.1, -0.05) is 45.0 Å². The molecule has 2 heterocycles. The molecule has 0 radical (unpaired) electrons. The van der Waals surface area contributed by atoms with Crippen molar-refractivity contribution < 1.29 is 0 Å². The van der Waals surface area contributed by atoms with Gasteiger partial charge in [0.25, 0.3) is 0 Å². The van der Waals surface area contributed by atoms with Crippen LogP contribution in [0.5, 0.6) is 0 Å². The maximum Gasteiger partial charge on any atom is 0.164 e. The molecule has 1 atom stereocenters. The predicted octanol–water partition coefficient (Wildman–Crippen LogP) is 2.52. The third-order valence-electron chi connectivity index (χ3n) is 3.96. The van der Waals surface area contributed by atoms with Crippen LogP contribution in [0.15, 0.2) is 24.3 Å². The minimum absolute atomic E-state index is 0.0831. The maximum absolute atomic E-state index is 6.10. The molecule has 20 heavy (non-hydrogen) atoms. The van der Waals surface area contributed by atoms with E-state index in [0.717, 1.165) is 31.0 Å². The van der Waals surface area contributed by atoms with Gasteiger partial charge in [-0.25, -0.2) is 0 Å². The zero-order chi connectivity index (χ0) is 14.3. The molecule has 0 saturated heterocycles. The Kier molecular flexibility index (Phi) is 3.13. The van der Waals surface area contributed by atoms with Crippen LogP contribution in [0.1, 0.15) is 38.6 Å². The maximum atomic E-state index is 6.10. The molecule has 0 amide bonds. The topological polar surface area (TPSA) is 56.7 Å². The van der Waals surface area contributed by atoms with Crippen LogP contribution in [0.2, 0.25) is 0 Å². The van der Waals surface area contributed by atoms with Crippen molar-refractivity contribution >= 4 is 0 Å². The molecule has 0 saturated carbocycles. The monoisotopic (exact) mass is 270 g/mol. The highest BCUT2D eigenvalue weighted by atomic mass is 15.3. The van der Waals surface area contributed by atoms with Crippen LogP contribution in [0, 0.1) is 0 Å². The SMILES string of the molecule is CC(C)(C)c1ccccc1-c1nnc2n1CC(N)CC2. The first-order valence-electron chi connectivity index (χ1n) is 7.24. The molecule has 106 valence electrons. The Labute approximate surface area is 120 Å². The minimum Gasteiger partial charge on any atom is -0.326 e. The second kappa shape index (κ2) is 4.70. The van der Waals surface area contributed by atoms with Crippen molar-refractivity contribution in [2.24, 2.45) is 5.73 Å². The highest BCUT2D eigenvalue weighted by Crippen LogP contribution is 2.33. The molecule has 1 aliphatic heterocycles. The van der Waals surface area contributed by atoms with Gasteiger partial charge in [-0.3, -0.25) is 0 Å². The number of fused-ring (bicyclic) bond motifs is 1. The van der Waals surface area contributed by atoms with E-state index in [9.17, 15) is 0 Å². The lowest BCUT2D eigenvalue weighted by Gasteiger charge is -2.25. The number of hydrogen-bond acceptors (Lipinski definition) is 3. The number of aromatic nitrogens is 3. The molecule has 0 bridgehead atoms. The van der Waals surface area contributed by atoms with Crippen LogP contribution in [0.4, 0.5) is 0 Å². The fraction of sp³-hybridized carbons (Fsp3) is 0.500. The van der Waals surface area contributed by atoms with E-state index in [1.165, 1.54) is 11.1 Å². The number of hydrogen-bond donors (Lipinski definition) is 1. The Morgan fingerprint density at radius 1 is 1.20 bits per heavy atom. The fourth-order valence-corrected chi connectivity index (χ4v) is 2.88. The first kappa shape index (κ1) is 13.3. The van der Waals surface area contributed by atoms with Gasteiger partial charge in [-0.05, 0) is 17.4 Å². The number of nitrogens with two attached hydrogens (primary N) is 1. The second-order valence-electron chi connectivity index (χ2n) is 6.64. The summed E-state index contributed by atoms with van der Waals surface area (Å²) in [6, 6.07) is 8.68. The zero-order valence-corrected chi connectivity index (χ0v) is 12.4. The van der Waals surface area contributed by atoms with Crippen LogP contribution in [-0.4, -0.2) is 20.8 Å². The number of rotatable bonds is 1. The van der Waals surface area contributed by atoms with E-state index in [1.807, 2.05) is 0 Å². The summed E-state index contributed by atoms with van der Waals surface area (Å²) in [5.74, 6) is 2.02. The smallest absolute Gasteiger partial charge is 0.164 e. The average Bonchev–Trinajstić information content (AvgIpc) is 2.80. The molecule has 0 aliphatic carbocycles. The van der Waals surface area contributed by atoms with Crippen LogP contribution in [0.25, 0.3) is 11.4 Å². The van der Waals surface area contributed by atoms with Gasteiger partial charge < -0.3 is 10.3 Å². The van der Waals surface area contributed by atoms with Gasteiger partial charge in [0.15, 0.2) is 5.82 Å². The van der Waals surface area contributed by atoms with Crippen molar-refractivity contribution in [3.8, 4) is 11.4 Å². The van der Waals surface area contributed by atoms with Crippen molar-refractivity contribution in [2.45, 2.75) is 51.6 Å². The Morgan fingerprint density at radius 2 is 1.95 bits per heavy atom. The average molecular weight is 270 g/mol. The molecule has 4 heteroatoms. The standard InChI is InChI=1S/C16H22N4/c1-16(2,3)13-7-5-4-6-12(13)15-19-18-14-9-8-11(17)10-20(14)15/h4-7,11H,8-10,17H2,1-3H3. The number of aryl methyl sites for hydroxylation is 1. The minimum atomic E-state index is 0.0831. The summed E-state index contributed by atoms with van der Waals surface area (Å²) in [6.07, 6.45) is 1.92. The third-order valence-corrected chi connectivity index (χ3v) is 3.96. The summed E-state index contributed by atoms with van der Waals surface area (Å²) in [5.41, 5.74) is 8.66. The molecule has 0 spiro atoms. The zero-order valence-electron chi connectivity index (χ0n) is 12.4. The van der Waals surface area contributed by atoms with E-state index in [-0.39, 0.29) is 11.5 Å². The van der Waals surface area contributed by atoms with Crippen molar-refractivity contribution in [3.63, 3.8) is 0 Å². The van der Waals surface area contributed by atoms with Crippen LogP contribution >= 0.6 is 0 Å². The van der Waals surface area contributed by atoms with Gasteiger partial charge in [-0.15, -0.1) is 10.2 Å². The molecule has 0 fully saturated rings. The Hall–Kier alpha value is -1.68. The lowest BCUT2D eigenvalue weighted by atomic mass is 9.83. The predicted molar refractivity (Wildman–Crippen MR) is 80.5 cm³/mol. The normalized spacial score (nSPS) is 18.9. The van der Waals surface area contributed by atoms with E-state index >= 15 is 0 Å². The molecular formula is C16H22N4. The van der Waals surface area contributed by atoms with Crippen molar-refractivity contribution in [3.05, 3.63) is 35.7 Å². The quantitative estimate of drug-likeness (QED) is 0.866. The number of nitrogens with zero attached hydrogens (tertiary/aromatic N) is 3. The highest BCUT2D eigenvalue weighted by molar-refractivity contribution is 5.62. The Balaban J connectivity index is 2.14. The summed E-state index contributed by atoms with van der Waals surface area (Å²) in [5, 5.41) is 8.78. The van der Waals surface area contributed by atoms with E-state index in [2.05, 4.69) is 59.8 Å². The Bertz CT molecular complexity index is 622. The van der Waals surface area contributed by atoms with Crippen LogP contribution in [0.3, 0.4) is 0 Å². The van der Waals surface area contributed by atoms with Crippen molar-refractivity contribution in [1.29, 1.82) is 0 Å². The van der Waals surface area contributed by atoms with Crippen LogP contribution in [-0.2, 0) is 18.4 Å². The summed E-state index contributed by atoms with van der Waals surface area (Å²) < 4.78 is 2.19. The molecule has 2 aromatic rings. The third kappa shape index (κ3) is 2.24. The highest BCUT2D eigenvalue weighted by Gasteiger charge is 2.25.